The standard InChI is InChI=1S/C15H21N3O3/c1-21-13-6-8-18(9-7-13)14(19)10-17-15(20)11-2-4-12(16)5-3-11/h2-5,13H,6-10,16H2,1H3,(H,17,20). The van der Waals surface area contributed by atoms with Crippen molar-refractivity contribution in [3.63, 3.8) is 0 Å². The number of carbonyl (C=O) groups is 2. The van der Waals surface area contributed by atoms with E-state index in [1.165, 1.54) is 0 Å². The molecule has 0 unspecified atom stereocenters. The van der Waals surface area contributed by atoms with E-state index in [0.29, 0.717) is 24.3 Å². The molecule has 0 aromatic heterocycles. The van der Waals surface area contributed by atoms with Crippen molar-refractivity contribution in [1.29, 1.82) is 0 Å². The zero-order valence-electron chi connectivity index (χ0n) is 12.2. The third-order valence-electron chi connectivity index (χ3n) is 3.70. The molecule has 21 heavy (non-hydrogen) atoms. The van der Waals surface area contributed by atoms with Crippen LogP contribution in [0.3, 0.4) is 0 Å². The maximum absolute atomic E-state index is 12.0. The molecule has 1 aliphatic rings. The van der Waals surface area contributed by atoms with Crippen LogP contribution in [0.4, 0.5) is 5.69 Å². The molecule has 6 heteroatoms. The van der Waals surface area contributed by atoms with Crippen molar-refractivity contribution in [2.24, 2.45) is 0 Å². The van der Waals surface area contributed by atoms with Gasteiger partial charge in [0.2, 0.25) is 5.91 Å². The molecule has 1 fully saturated rings. The number of carbonyl (C=O) groups excluding carboxylic acids is 2. The minimum atomic E-state index is -0.268. The summed E-state index contributed by atoms with van der Waals surface area (Å²) in [5.41, 5.74) is 6.66. The minimum Gasteiger partial charge on any atom is -0.399 e. The average Bonchev–Trinajstić information content (AvgIpc) is 2.53. The number of methoxy groups -OCH3 is 1. The van der Waals surface area contributed by atoms with Gasteiger partial charge in [-0.25, -0.2) is 0 Å². The third-order valence-corrected chi connectivity index (χ3v) is 3.70. The van der Waals surface area contributed by atoms with Crippen LogP contribution in [0.5, 0.6) is 0 Å². The highest BCUT2D eigenvalue weighted by Crippen LogP contribution is 2.12. The molecule has 1 aromatic carbocycles. The van der Waals surface area contributed by atoms with Crippen LogP contribution >= 0.6 is 0 Å². The maximum Gasteiger partial charge on any atom is 0.251 e. The first kappa shape index (κ1) is 15.3. The Labute approximate surface area is 124 Å². The predicted molar refractivity (Wildman–Crippen MR) is 79.8 cm³/mol. The van der Waals surface area contributed by atoms with E-state index >= 15 is 0 Å². The van der Waals surface area contributed by atoms with Crippen LogP contribution < -0.4 is 11.1 Å². The van der Waals surface area contributed by atoms with Gasteiger partial charge >= 0.3 is 0 Å². The molecule has 0 spiro atoms. The topological polar surface area (TPSA) is 84.7 Å². The fourth-order valence-electron chi connectivity index (χ4n) is 2.35. The van der Waals surface area contributed by atoms with Gasteiger partial charge in [0.05, 0.1) is 12.6 Å². The van der Waals surface area contributed by atoms with Crippen molar-refractivity contribution in [3.8, 4) is 0 Å². The van der Waals surface area contributed by atoms with E-state index in [9.17, 15) is 9.59 Å². The van der Waals surface area contributed by atoms with Gasteiger partial charge in [-0.05, 0) is 37.1 Å². The fourth-order valence-corrected chi connectivity index (χ4v) is 2.35. The number of nitrogen functional groups attached to an aromatic ring is 1. The number of piperidine rings is 1. The normalized spacial score (nSPS) is 15.8. The molecular formula is C15H21N3O3. The number of nitrogens with two attached hydrogens (primary N) is 1. The molecular weight excluding hydrogens is 270 g/mol. The minimum absolute atomic E-state index is 0.0147. The van der Waals surface area contributed by atoms with Gasteiger partial charge in [-0.1, -0.05) is 0 Å². The molecule has 1 heterocycles. The molecule has 2 amide bonds. The van der Waals surface area contributed by atoms with Gasteiger partial charge < -0.3 is 20.7 Å². The first-order valence-corrected chi connectivity index (χ1v) is 7.04. The Hall–Kier alpha value is -2.08. The van der Waals surface area contributed by atoms with Crippen LogP contribution in [0.25, 0.3) is 0 Å². The van der Waals surface area contributed by atoms with Gasteiger partial charge in [0.15, 0.2) is 0 Å². The molecule has 0 atom stereocenters. The lowest BCUT2D eigenvalue weighted by Gasteiger charge is -2.31. The Bertz CT molecular complexity index is 493. The van der Waals surface area contributed by atoms with E-state index in [-0.39, 0.29) is 24.5 Å². The monoisotopic (exact) mass is 291 g/mol. The Balaban J connectivity index is 1.78. The summed E-state index contributed by atoms with van der Waals surface area (Å²) in [4.78, 5) is 25.7. The number of ether oxygens (including phenoxy) is 1. The number of likely N-dealkylation sites (tertiary alicyclic amines) is 1. The molecule has 1 saturated heterocycles. The van der Waals surface area contributed by atoms with Gasteiger partial charge in [-0.2, -0.15) is 0 Å². The van der Waals surface area contributed by atoms with Crippen LogP contribution in [0.1, 0.15) is 23.2 Å². The SMILES string of the molecule is COC1CCN(C(=O)CNC(=O)c2ccc(N)cc2)CC1. The first-order valence-electron chi connectivity index (χ1n) is 7.04. The number of amides is 2. The smallest absolute Gasteiger partial charge is 0.251 e. The van der Waals surface area contributed by atoms with Gasteiger partial charge in [0, 0.05) is 31.5 Å². The highest BCUT2D eigenvalue weighted by molar-refractivity contribution is 5.96. The lowest BCUT2D eigenvalue weighted by molar-refractivity contribution is -0.132. The summed E-state index contributed by atoms with van der Waals surface area (Å²) >= 11 is 0. The largest absolute Gasteiger partial charge is 0.399 e. The summed E-state index contributed by atoms with van der Waals surface area (Å²) in [6.07, 6.45) is 1.92. The molecule has 0 radical (unpaired) electrons. The quantitative estimate of drug-likeness (QED) is 0.797. The summed E-state index contributed by atoms with van der Waals surface area (Å²) in [5, 5.41) is 2.64. The van der Waals surface area contributed by atoms with Gasteiger partial charge in [-0.15, -0.1) is 0 Å². The van der Waals surface area contributed by atoms with E-state index in [0.717, 1.165) is 12.8 Å². The highest BCUT2D eigenvalue weighted by atomic mass is 16.5. The van der Waals surface area contributed by atoms with Crippen molar-refractivity contribution < 1.29 is 14.3 Å². The van der Waals surface area contributed by atoms with Crippen LogP contribution in [0.15, 0.2) is 24.3 Å². The summed E-state index contributed by atoms with van der Waals surface area (Å²) in [6.45, 7) is 1.37. The van der Waals surface area contributed by atoms with Crippen molar-refractivity contribution in [1.82, 2.24) is 10.2 Å². The third kappa shape index (κ3) is 4.19. The van der Waals surface area contributed by atoms with Crippen LogP contribution in [0.2, 0.25) is 0 Å². The van der Waals surface area contributed by atoms with Crippen LogP contribution in [0, 0.1) is 0 Å². The van der Waals surface area contributed by atoms with Gasteiger partial charge in [0.1, 0.15) is 0 Å². The van der Waals surface area contributed by atoms with Gasteiger partial charge in [0.25, 0.3) is 5.91 Å². The zero-order chi connectivity index (χ0) is 15.2. The van der Waals surface area contributed by atoms with E-state index in [2.05, 4.69) is 5.32 Å². The number of rotatable bonds is 4. The lowest BCUT2D eigenvalue weighted by atomic mass is 10.1. The maximum atomic E-state index is 12.0. The molecule has 1 aromatic rings. The number of benzene rings is 1. The van der Waals surface area contributed by atoms with Crippen LogP contribution in [-0.4, -0.2) is 49.6 Å². The Morgan fingerprint density at radius 1 is 1.29 bits per heavy atom. The molecule has 114 valence electrons. The molecule has 0 saturated carbocycles. The second-order valence-corrected chi connectivity index (χ2v) is 5.12. The summed E-state index contributed by atoms with van der Waals surface area (Å²) in [6, 6.07) is 6.59. The van der Waals surface area contributed by atoms with Crippen molar-refractivity contribution >= 4 is 17.5 Å². The number of nitrogens with zero attached hydrogens (tertiary/aromatic N) is 1. The number of nitrogens with one attached hydrogen (secondary N) is 1. The Morgan fingerprint density at radius 3 is 2.48 bits per heavy atom. The molecule has 0 bridgehead atoms. The number of hydrogen-bond acceptors (Lipinski definition) is 4. The van der Waals surface area contributed by atoms with Crippen LogP contribution in [-0.2, 0) is 9.53 Å². The van der Waals surface area contributed by atoms with Gasteiger partial charge in [-0.3, -0.25) is 9.59 Å². The van der Waals surface area contributed by atoms with E-state index in [4.69, 9.17) is 10.5 Å². The van der Waals surface area contributed by atoms with Crippen molar-refractivity contribution in [2.75, 3.05) is 32.5 Å². The Kier molecular flexibility index (Phi) is 5.16. The zero-order valence-corrected chi connectivity index (χ0v) is 12.2. The molecule has 2 rings (SSSR count). The fraction of sp³-hybridized carbons (Fsp3) is 0.467. The molecule has 0 aliphatic carbocycles. The summed E-state index contributed by atoms with van der Waals surface area (Å²) in [5.74, 6) is -0.330. The van der Waals surface area contributed by atoms with Crippen molar-refractivity contribution in [3.05, 3.63) is 29.8 Å². The summed E-state index contributed by atoms with van der Waals surface area (Å²) in [7, 11) is 1.69. The van der Waals surface area contributed by atoms with E-state index < -0.39 is 0 Å². The predicted octanol–water partition coefficient (Wildman–Crippen LogP) is 0.636. The molecule has 6 nitrogen and oxygen atoms in total. The Morgan fingerprint density at radius 2 is 1.90 bits per heavy atom. The molecule has 3 N–H and O–H groups in total. The number of anilines is 1. The van der Waals surface area contributed by atoms with E-state index in [1.54, 1.807) is 36.3 Å². The summed E-state index contributed by atoms with van der Waals surface area (Å²) < 4.78 is 5.27. The second-order valence-electron chi connectivity index (χ2n) is 5.12. The number of hydrogen-bond donors (Lipinski definition) is 2. The second kappa shape index (κ2) is 7.08. The molecule has 1 aliphatic heterocycles. The lowest BCUT2D eigenvalue weighted by Crippen LogP contribution is -2.45. The van der Waals surface area contributed by atoms with Crippen molar-refractivity contribution in [2.45, 2.75) is 18.9 Å². The first-order chi connectivity index (χ1) is 10.1. The van der Waals surface area contributed by atoms with E-state index in [1.807, 2.05) is 0 Å². The highest BCUT2D eigenvalue weighted by Gasteiger charge is 2.22. The average molecular weight is 291 g/mol.